The lowest BCUT2D eigenvalue weighted by Crippen LogP contribution is -2.38. The van der Waals surface area contributed by atoms with Crippen LogP contribution < -0.4 is 15.4 Å². The Kier molecular flexibility index (Phi) is 11.6. The number of benzene rings is 1. The lowest BCUT2D eigenvalue weighted by atomic mass is 10.1. The average molecular weight is 335 g/mol. The van der Waals surface area contributed by atoms with E-state index in [1.165, 1.54) is 5.56 Å². The van der Waals surface area contributed by atoms with Crippen molar-refractivity contribution < 1.29 is 9.47 Å². The van der Waals surface area contributed by atoms with Crippen molar-refractivity contribution in [1.29, 1.82) is 0 Å². The number of aliphatic imine (C=N–C) groups is 1. The molecule has 0 heterocycles. The summed E-state index contributed by atoms with van der Waals surface area (Å²) in [6.07, 6.45) is 4.24. The highest BCUT2D eigenvalue weighted by molar-refractivity contribution is 5.79. The summed E-state index contributed by atoms with van der Waals surface area (Å²) < 4.78 is 10.5. The van der Waals surface area contributed by atoms with Crippen molar-refractivity contribution >= 4 is 5.96 Å². The quantitative estimate of drug-likeness (QED) is 0.350. The van der Waals surface area contributed by atoms with Crippen molar-refractivity contribution in [1.82, 2.24) is 10.6 Å². The molecular formula is C19H33N3O2. The van der Waals surface area contributed by atoms with Crippen molar-refractivity contribution in [3.8, 4) is 5.75 Å². The van der Waals surface area contributed by atoms with Gasteiger partial charge in [0, 0.05) is 32.8 Å². The minimum Gasteiger partial charge on any atom is -0.497 e. The van der Waals surface area contributed by atoms with Gasteiger partial charge in [0.05, 0.1) is 7.11 Å². The van der Waals surface area contributed by atoms with Crippen LogP contribution in [-0.4, -0.2) is 45.9 Å². The first-order chi connectivity index (χ1) is 11.8. The van der Waals surface area contributed by atoms with E-state index in [-0.39, 0.29) is 0 Å². The van der Waals surface area contributed by atoms with Crippen LogP contribution in [0, 0.1) is 0 Å². The molecule has 0 aliphatic carbocycles. The summed E-state index contributed by atoms with van der Waals surface area (Å²) >= 11 is 0. The summed E-state index contributed by atoms with van der Waals surface area (Å²) in [5, 5.41) is 6.67. The third-order valence-electron chi connectivity index (χ3n) is 3.61. The minimum absolute atomic E-state index is 0.797. The third kappa shape index (κ3) is 9.40. The second kappa shape index (κ2) is 13.7. The molecule has 0 saturated heterocycles. The molecule has 0 radical (unpaired) electrons. The fraction of sp³-hybridized carbons (Fsp3) is 0.632. The van der Waals surface area contributed by atoms with E-state index in [9.17, 15) is 0 Å². The van der Waals surface area contributed by atoms with Gasteiger partial charge in [0.15, 0.2) is 5.96 Å². The Morgan fingerprint density at radius 2 is 1.83 bits per heavy atom. The Balaban J connectivity index is 2.23. The van der Waals surface area contributed by atoms with Gasteiger partial charge in [-0.15, -0.1) is 0 Å². The summed E-state index contributed by atoms with van der Waals surface area (Å²) in [6.45, 7) is 8.38. The van der Waals surface area contributed by atoms with Gasteiger partial charge in [-0.3, -0.25) is 4.99 Å². The van der Waals surface area contributed by atoms with E-state index < -0.39 is 0 Å². The molecule has 0 aromatic heterocycles. The van der Waals surface area contributed by atoms with Gasteiger partial charge in [0.1, 0.15) is 5.75 Å². The first-order valence-corrected chi connectivity index (χ1v) is 9.03. The SMILES string of the molecule is CCNC(=NCCCc1ccc(OC)cc1)NCCCCOCC. The van der Waals surface area contributed by atoms with E-state index in [2.05, 4.69) is 34.7 Å². The zero-order valence-electron chi connectivity index (χ0n) is 15.4. The van der Waals surface area contributed by atoms with Crippen LogP contribution in [-0.2, 0) is 11.2 Å². The molecule has 0 aliphatic rings. The summed E-state index contributed by atoms with van der Waals surface area (Å²) in [5.41, 5.74) is 1.32. The van der Waals surface area contributed by atoms with Crippen LogP contribution in [0.5, 0.6) is 5.75 Å². The molecule has 24 heavy (non-hydrogen) atoms. The molecule has 0 unspecified atom stereocenters. The zero-order valence-corrected chi connectivity index (χ0v) is 15.4. The second-order valence-corrected chi connectivity index (χ2v) is 5.54. The Morgan fingerprint density at radius 1 is 1.04 bits per heavy atom. The van der Waals surface area contributed by atoms with Gasteiger partial charge in [-0.1, -0.05) is 12.1 Å². The maximum atomic E-state index is 5.34. The third-order valence-corrected chi connectivity index (χ3v) is 3.61. The fourth-order valence-corrected chi connectivity index (χ4v) is 2.29. The molecule has 5 heteroatoms. The number of guanidine groups is 1. The number of nitrogens with zero attached hydrogens (tertiary/aromatic N) is 1. The summed E-state index contributed by atoms with van der Waals surface area (Å²) in [5.74, 6) is 1.81. The van der Waals surface area contributed by atoms with Crippen molar-refractivity contribution in [2.75, 3.05) is 40.0 Å². The maximum Gasteiger partial charge on any atom is 0.191 e. The number of unbranched alkanes of at least 4 members (excludes halogenated alkanes) is 1. The Hall–Kier alpha value is -1.75. The first-order valence-electron chi connectivity index (χ1n) is 9.03. The van der Waals surface area contributed by atoms with Gasteiger partial charge in [0.2, 0.25) is 0 Å². The van der Waals surface area contributed by atoms with Crippen LogP contribution in [0.2, 0.25) is 0 Å². The molecule has 1 aromatic carbocycles. The van der Waals surface area contributed by atoms with E-state index in [0.717, 1.165) is 70.2 Å². The summed E-state index contributed by atoms with van der Waals surface area (Å²) in [6, 6.07) is 8.24. The number of methoxy groups -OCH3 is 1. The standard InChI is InChI=1S/C19H33N3O2/c1-4-20-19(21-14-6-7-16-24-5-2)22-15-8-9-17-10-12-18(23-3)13-11-17/h10-13H,4-9,14-16H2,1-3H3,(H2,20,21,22). The lowest BCUT2D eigenvalue weighted by Gasteiger charge is -2.11. The van der Waals surface area contributed by atoms with Gasteiger partial charge in [-0.2, -0.15) is 0 Å². The maximum absolute atomic E-state index is 5.34. The summed E-state index contributed by atoms with van der Waals surface area (Å²) in [7, 11) is 1.69. The zero-order chi connectivity index (χ0) is 17.5. The molecule has 0 amide bonds. The molecule has 0 atom stereocenters. The van der Waals surface area contributed by atoms with E-state index >= 15 is 0 Å². The van der Waals surface area contributed by atoms with E-state index in [4.69, 9.17) is 9.47 Å². The topological polar surface area (TPSA) is 54.9 Å². The van der Waals surface area contributed by atoms with Gasteiger partial charge < -0.3 is 20.1 Å². The van der Waals surface area contributed by atoms with Crippen molar-refractivity contribution in [2.24, 2.45) is 4.99 Å². The molecule has 2 N–H and O–H groups in total. The second-order valence-electron chi connectivity index (χ2n) is 5.54. The largest absolute Gasteiger partial charge is 0.497 e. The molecule has 1 rings (SSSR count). The molecule has 0 spiro atoms. The van der Waals surface area contributed by atoms with Crippen LogP contribution in [0.15, 0.2) is 29.3 Å². The molecule has 0 fully saturated rings. The number of ether oxygens (including phenoxy) is 2. The van der Waals surface area contributed by atoms with Gasteiger partial charge in [-0.25, -0.2) is 0 Å². The molecule has 0 aliphatic heterocycles. The minimum atomic E-state index is 0.797. The number of aryl methyl sites for hydroxylation is 1. The number of hydrogen-bond acceptors (Lipinski definition) is 3. The monoisotopic (exact) mass is 335 g/mol. The molecule has 5 nitrogen and oxygen atoms in total. The van der Waals surface area contributed by atoms with Crippen LogP contribution in [0.1, 0.15) is 38.7 Å². The molecule has 0 bridgehead atoms. The van der Waals surface area contributed by atoms with Crippen LogP contribution in [0.3, 0.4) is 0 Å². The normalized spacial score (nSPS) is 11.4. The number of nitrogens with one attached hydrogen (secondary N) is 2. The Labute approximate surface area is 146 Å². The smallest absolute Gasteiger partial charge is 0.191 e. The molecular weight excluding hydrogens is 302 g/mol. The van der Waals surface area contributed by atoms with Crippen LogP contribution in [0.25, 0.3) is 0 Å². The number of hydrogen-bond donors (Lipinski definition) is 2. The van der Waals surface area contributed by atoms with E-state index in [1.807, 2.05) is 19.1 Å². The van der Waals surface area contributed by atoms with Crippen LogP contribution >= 0.6 is 0 Å². The predicted octanol–water partition coefficient (Wildman–Crippen LogP) is 3.00. The average Bonchev–Trinajstić information content (AvgIpc) is 2.62. The molecule has 1 aromatic rings. The van der Waals surface area contributed by atoms with Gasteiger partial charge >= 0.3 is 0 Å². The van der Waals surface area contributed by atoms with Gasteiger partial charge in [0.25, 0.3) is 0 Å². The lowest BCUT2D eigenvalue weighted by molar-refractivity contribution is 0.143. The predicted molar refractivity (Wildman–Crippen MR) is 101 cm³/mol. The highest BCUT2D eigenvalue weighted by atomic mass is 16.5. The van der Waals surface area contributed by atoms with Crippen molar-refractivity contribution in [3.63, 3.8) is 0 Å². The van der Waals surface area contributed by atoms with Crippen molar-refractivity contribution in [3.05, 3.63) is 29.8 Å². The molecule has 0 saturated carbocycles. The van der Waals surface area contributed by atoms with Gasteiger partial charge in [-0.05, 0) is 57.2 Å². The van der Waals surface area contributed by atoms with Crippen molar-refractivity contribution in [2.45, 2.75) is 39.5 Å². The molecule has 136 valence electrons. The Bertz CT molecular complexity index is 446. The van der Waals surface area contributed by atoms with E-state index in [0.29, 0.717) is 0 Å². The Morgan fingerprint density at radius 3 is 2.50 bits per heavy atom. The highest BCUT2D eigenvalue weighted by Gasteiger charge is 1.98. The number of rotatable bonds is 12. The fourth-order valence-electron chi connectivity index (χ4n) is 2.29. The van der Waals surface area contributed by atoms with E-state index in [1.54, 1.807) is 7.11 Å². The summed E-state index contributed by atoms with van der Waals surface area (Å²) in [4.78, 5) is 4.63. The first kappa shape index (κ1) is 20.3. The van der Waals surface area contributed by atoms with Crippen LogP contribution in [0.4, 0.5) is 0 Å². The highest BCUT2D eigenvalue weighted by Crippen LogP contribution is 2.12.